The molecule has 1 unspecified atom stereocenters. The molecule has 1 aliphatic rings. The Morgan fingerprint density at radius 1 is 0.885 bits per heavy atom. The highest BCUT2D eigenvalue weighted by atomic mass is 16.1. The molecule has 0 heterocycles. The van der Waals surface area contributed by atoms with Gasteiger partial charge in [0, 0.05) is 11.3 Å². The topological polar surface area (TPSA) is 29.1 Å². The molecule has 0 spiro atoms. The standard InChI is InChI=1S/C24H23NO/c1-2-17-16-23(17)20-12-14-22(15-13-20)25-24(26)21-10-8-19(9-11-21)18-6-4-3-5-7-18/h3-15,17,23H,2,16H2,1H3,(H,25,26)/t17?,23-/m1/s1. The van der Waals surface area contributed by atoms with Crippen LogP contribution in [-0.2, 0) is 0 Å². The Labute approximate surface area is 154 Å². The molecule has 3 aromatic carbocycles. The van der Waals surface area contributed by atoms with Gasteiger partial charge in [0.25, 0.3) is 5.91 Å². The minimum atomic E-state index is -0.0739. The first-order valence-corrected chi connectivity index (χ1v) is 9.31. The van der Waals surface area contributed by atoms with Crippen LogP contribution in [0.4, 0.5) is 5.69 Å². The zero-order valence-corrected chi connectivity index (χ0v) is 15.0. The van der Waals surface area contributed by atoms with Gasteiger partial charge < -0.3 is 5.32 Å². The van der Waals surface area contributed by atoms with E-state index in [1.165, 1.54) is 18.4 Å². The number of carbonyl (C=O) groups is 1. The van der Waals surface area contributed by atoms with E-state index < -0.39 is 0 Å². The Morgan fingerprint density at radius 2 is 1.54 bits per heavy atom. The summed E-state index contributed by atoms with van der Waals surface area (Å²) in [4.78, 5) is 12.5. The first-order chi connectivity index (χ1) is 12.7. The lowest BCUT2D eigenvalue weighted by molar-refractivity contribution is 0.102. The van der Waals surface area contributed by atoms with Crippen LogP contribution in [0.25, 0.3) is 11.1 Å². The SMILES string of the molecule is CCC1C[C@H]1c1ccc(NC(=O)c2ccc(-c3ccccc3)cc2)cc1. The Bertz CT molecular complexity index is 882. The largest absolute Gasteiger partial charge is 0.322 e. The number of carbonyl (C=O) groups excluding carboxylic acids is 1. The summed E-state index contributed by atoms with van der Waals surface area (Å²) in [7, 11) is 0. The molecule has 1 aliphatic carbocycles. The minimum Gasteiger partial charge on any atom is -0.322 e. The third-order valence-corrected chi connectivity index (χ3v) is 5.30. The van der Waals surface area contributed by atoms with Gasteiger partial charge in [0.1, 0.15) is 0 Å². The van der Waals surface area contributed by atoms with Crippen LogP contribution in [-0.4, -0.2) is 5.91 Å². The molecule has 2 nitrogen and oxygen atoms in total. The number of amides is 1. The number of benzene rings is 3. The second kappa shape index (κ2) is 7.17. The third kappa shape index (κ3) is 3.55. The van der Waals surface area contributed by atoms with Gasteiger partial charge in [-0.1, -0.05) is 67.9 Å². The maximum atomic E-state index is 12.5. The highest BCUT2D eigenvalue weighted by Crippen LogP contribution is 2.49. The van der Waals surface area contributed by atoms with Crippen LogP contribution in [0.1, 0.15) is 41.6 Å². The van der Waals surface area contributed by atoms with Crippen molar-refractivity contribution in [2.45, 2.75) is 25.7 Å². The molecule has 0 saturated heterocycles. The third-order valence-electron chi connectivity index (χ3n) is 5.30. The van der Waals surface area contributed by atoms with Crippen LogP contribution in [0.5, 0.6) is 0 Å². The van der Waals surface area contributed by atoms with Crippen LogP contribution < -0.4 is 5.32 Å². The second-order valence-corrected chi connectivity index (χ2v) is 7.03. The molecule has 1 amide bonds. The molecule has 0 aromatic heterocycles. The Morgan fingerprint density at radius 3 is 2.15 bits per heavy atom. The van der Waals surface area contributed by atoms with Crippen molar-refractivity contribution in [3.05, 3.63) is 90.0 Å². The molecule has 0 radical (unpaired) electrons. The van der Waals surface area contributed by atoms with Crippen LogP contribution in [0.2, 0.25) is 0 Å². The number of nitrogens with one attached hydrogen (secondary N) is 1. The quantitative estimate of drug-likeness (QED) is 0.595. The average molecular weight is 341 g/mol. The molecule has 130 valence electrons. The van der Waals surface area contributed by atoms with Crippen LogP contribution in [0.3, 0.4) is 0 Å². The van der Waals surface area contributed by atoms with E-state index in [-0.39, 0.29) is 5.91 Å². The molecule has 3 aromatic rings. The molecular weight excluding hydrogens is 318 g/mol. The van der Waals surface area contributed by atoms with Crippen molar-refractivity contribution in [1.82, 2.24) is 0 Å². The maximum Gasteiger partial charge on any atom is 0.255 e. The van der Waals surface area contributed by atoms with E-state index in [4.69, 9.17) is 0 Å². The number of hydrogen-bond donors (Lipinski definition) is 1. The van der Waals surface area contributed by atoms with Gasteiger partial charge in [-0.2, -0.15) is 0 Å². The smallest absolute Gasteiger partial charge is 0.255 e. The molecule has 2 heteroatoms. The van der Waals surface area contributed by atoms with Crippen LogP contribution in [0.15, 0.2) is 78.9 Å². The van der Waals surface area contributed by atoms with E-state index in [1.54, 1.807) is 0 Å². The van der Waals surface area contributed by atoms with Crippen molar-refractivity contribution < 1.29 is 4.79 Å². The highest BCUT2D eigenvalue weighted by molar-refractivity contribution is 6.04. The van der Waals surface area contributed by atoms with Gasteiger partial charge in [-0.3, -0.25) is 4.79 Å². The summed E-state index contributed by atoms with van der Waals surface area (Å²) in [5.74, 6) is 1.49. The lowest BCUT2D eigenvalue weighted by atomic mass is 10.0. The summed E-state index contributed by atoms with van der Waals surface area (Å²) < 4.78 is 0. The van der Waals surface area contributed by atoms with Gasteiger partial charge in [-0.05, 0) is 59.2 Å². The number of anilines is 1. The monoisotopic (exact) mass is 341 g/mol. The molecular formula is C24H23NO. The summed E-state index contributed by atoms with van der Waals surface area (Å²) in [6.07, 6.45) is 2.55. The molecule has 1 saturated carbocycles. The van der Waals surface area contributed by atoms with Gasteiger partial charge >= 0.3 is 0 Å². The van der Waals surface area contributed by atoms with Crippen molar-refractivity contribution in [2.75, 3.05) is 5.32 Å². The number of rotatable bonds is 5. The van der Waals surface area contributed by atoms with Crippen molar-refractivity contribution in [3.8, 4) is 11.1 Å². The van der Waals surface area contributed by atoms with Crippen molar-refractivity contribution in [3.63, 3.8) is 0 Å². The molecule has 1 fully saturated rings. The molecule has 0 bridgehead atoms. The van der Waals surface area contributed by atoms with E-state index in [2.05, 4.69) is 36.5 Å². The average Bonchev–Trinajstić information content (AvgIpc) is 3.49. The fourth-order valence-electron chi connectivity index (χ4n) is 3.57. The van der Waals surface area contributed by atoms with Gasteiger partial charge in [0.05, 0.1) is 0 Å². The summed E-state index contributed by atoms with van der Waals surface area (Å²) in [6.45, 7) is 2.25. The fraction of sp³-hybridized carbons (Fsp3) is 0.208. The van der Waals surface area contributed by atoms with E-state index >= 15 is 0 Å². The lowest BCUT2D eigenvalue weighted by Gasteiger charge is -2.08. The maximum absolute atomic E-state index is 12.5. The Balaban J connectivity index is 1.41. The zero-order valence-electron chi connectivity index (χ0n) is 15.0. The first-order valence-electron chi connectivity index (χ1n) is 9.31. The van der Waals surface area contributed by atoms with Crippen molar-refractivity contribution in [2.24, 2.45) is 5.92 Å². The van der Waals surface area contributed by atoms with E-state index in [0.29, 0.717) is 5.56 Å². The van der Waals surface area contributed by atoms with Crippen molar-refractivity contribution >= 4 is 11.6 Å². The summed E-state index contributed by atoms with van der Waals surface area (Å²) in [6, 6.07) is 26.2. The van der Waals surface area contributed by atoms with Crippen LogP contribution in [0, 0.1) is 5.92 Å². The lowest BCUT2D eigenvalue weighted by Crippen LogP contribution is -2.11. The molecule has 26 heavy (non-hydrogen) atoms. The Hall–Kier alpha value is -2.87. The summed E-state index contributed by atoms with van der Waals surface area (Å²) >= 11 is 0. The molecule has 4 rings (SSSR count). The van der Waals surface area contributed by atoms with Gasteiger partial charge in [-0.15, -0.1) is 0 Å². The minimum absolute atomic E-state index is 0.0739. The fourth-order valence-corrected chi connectivity index (χ4v) is 3.57. The number of hydrogen-bond acceptors (Lipinski definition) is 1. The summed E-state index contributed by atoms with van der Waals surface area (Å²) in [5.41, 5.74) is 5.17. The Kier molecular flexibility index (Phi) is 4.57. The van der Waals surface area contributed by atoms with Crippen LogP contribution >= 0.6 is 0 Å². The van der Waals surface area contributed by atoms with E-state index in [1.807, 2.05) is 54.6 Å². The van der Waals surface area contributed by atoms with E-state index in [0.717, 1.165) is 28.7 Å². The molecule has 1 N–H and O–H groups in total. The van der Waals surface area contributed by atoms with Gasteiger partial charge in [0.2, 0.25) is 0 Å². The van der Waals surface area contributed by atoms with E-state index in [9.17, 15) is 4.79 Å². The molecule has 2 atom stereocenters. The van der Waals surface area contributed by atoms with Gasteiger partial charge in [-0.25, -0.2) is 0 Å². The highest BCUT2D eigenvalue weighted by Gasteiger charge is 2.36. The predicted molar refractivity (Wildman–Crippen MR) is 107 cm³/mol. The predicted octanol–water partition coefficient (Wildman–Crippen LogP) is 6.12. The molecule has 0 aliphatic heterocycles. The second-order valence-electron chi connectivity index (χ2n) is 7.03. The normalized spacial score (nSPS) is 18.3. The van der Waals surface area contributed by atoms with Gasteiger partial charge in [0.15, 0.2) is 0 Å². The summed E-state index contributed by atoms with van der Waals surface area (Å²) in [5, 5.41) is 2.99. The first kappa shape index (κ1) is 16.6. The zero-order chi connectivity index (χ0) is 17.9. The van der Waals surface area contributed by atoms with Crippen molar-refractivity contribution in [1.29, 1.82) is 0 Å².